The molecule has 0 atom stereocenters. The quantitative estimate of drug-likeness (QED) is 0.376. The van der Waals surface area contributed by atoms with Gasteiger partial charge in [-0.25, -0.2) is 4.79 Å². The third-order valence-electron chi connectivity index (χ3n) is 2.31. The van der Waals surface area contributed by atoms with Crippen molar-refractivity contribution in [2.75, 3.05) is 0 Å². The maximum atomic E-state index is 12.2. The number of rotatable bonds is 5. The van der Waals surface area contributed by atoms with Crippen LogP contribution in [0.25, 0.3) is 0 Å². The lowest BCUT2D eigenvalue weighted by Gasteiger charge is -2.24. The molecule has 16 heteroatoms. The number of ether oxygens (including phenoxy) is 2. The van der Waals surface area contributed by atoms with E-state index < -0.39 is 60.8 Å². The van der Waals surface area contributed by atoms with Gasteiger partial charge in [0.1, 0.15) is 0 Å². The van der Waals surface area contributed by atoms with E-state index in [0.717, 1.165) is 0 Å². The van der Waals surface area contributed by atoms with Crippen molar-refractivity contribution in [1.29, 1.82) is 0 Å². The van der Waals surface area contributed by atoms with Crippen LogP contribution in [-0.2, 0) is 19.1 Å². The Morgan fingerprint density at radius 1 is 0.667 bits per heavy atom. The zero-order valence-electron chi connectivity index (χ0n) is 12.2. The predicted molar refractivity (Wildman–Crippen MR) is 57.7 cm³/mol. The van der Waals surface area contributed by atoms with Crippen LogP contribution in [0.4, 0.5) is 52.7 Å². The van der Waals surface area contributed by atoms with Crippen LogP contribution in [0, 0.1) is 0 Å². The van der Waals surface area contributed by atoms with E-state index in [4.69, 9.17) is 0 Å². The van der Waals surface area contributed by atoms with Gasteiger partial charge in [0.15, 0.2) is 0 Å². The average Bonchev–Trinajstić information content (AvgIpc) is 2.36. The largest absolute Gasteiger partial charge is 0.442 e. The lowest BCUT2D eigenvalue weighted by atomic mass is 10.2. The monoisotopic (exact) mass is 430 g/mol. The Morgan fingerprint density at radius 3 is 1.26 bits per heavy atom. The van der Waals surface area contributed by atoms with Gasteiger partial charge in [0.25, 0.3) is 12.2 Å². The SMILES string of the molecule is C=C(CC(=O)OC(C(F)(F)F)C(F)(F)F)C(=O)OC(C(F)(F)F)C(F)(F)F. The first kappa shape index (κ1) is 24.8. The van der Waals surface area contributed by atoms with E-state index in [1.165, 1.54) is 0 Å². The van der Waals surface area contributed by atoms with Gasteiger partial charge < -0.3 is 9.47 Å². The molecule has 0 aliphatic rings. The fourth-order valence-electron chi connectivity index (χ4n) is 1.25. The molecule has 27 heavy (non-hydrogen) atoms. The standard InChI is InChI=1S/C11H6F12O4/c1-3(5(25)27-7(10(18,19)20)11(21,22)23)2-4(24)26-6(8(12,13)14)9(15,16)17/h6-7H,1-2H2. The summed E-state index contributed by atoms with van der Waals surface area (Å²) in [4.78, 5) is 22.1. The lowest BCUT2D eigenvalue weighted by Crippen LogP contribution is -2.46. The second kappa shape index (κ2) is 7.84. The number of carbonyl (C=O) groups excluding carboxylic acids is 2. The minimum absolute atomic E-state index is 1.61. The highest BCUT2D eigenvalue weighted by Gasteiger charge is 2.61. The Labute approximate surface area is 140 Å². The molecule has 0 radical (unpaired) electrons. The van der Waals surface area contributed by atoms with Crippen molar-refractivity contribution in [3.05, 3.63) is 12.2 Å². The zero-order valence-corrected chi connectivity index (χ0v) is 12.2. The second-order valence-electron chi connectivity index (χ2n) is 4.60. The molecule has 0 spiro atoms. The highest BCUT2D eigenvalue weighted by atomic mass is 19.4. The van der Waals surface area contributed by atoms with Crippen LogP contribution >= 0.6 is 0 Å². The van der Waals surface area contributed by atoms with Crippen LogP contribution in [0.1, 0.15) is 6.42 Å². The zero-order chi connectivity index (χ0) is 22.0. The first-order chi connectivity index (χ1) is 11.7. The molecule has 0 aromatic rings. The van der Waals surface area contributed by atoms with Crippen LogP contribution in [0.5, 0.6) is 0 Å². The number of hydrogen-bond acceptors (Lipinski definition) is 4. The molecule has 0 saturated carbocycles. The van der Waals surface area contributed by atoms with Gasteiger partial charge in [-0.15, -0.1) is 0 Å². The summed E-state index contributed by atoms with van der Waals surface area (Å²) in [6, 6.07) is 0. The van der Waals surface area contributed by atoms with Gasteiger partial charge in [-0.05, 0) is 0 Å². The second-order valence-corrected chi connectivity index (χ2v) is 4.60. The van der Waals surface area contributed by atoms with Crippen molar-refractivity contribution in [3.63, 3.8) is 0 Å². The highest BCUT2D eigenvalue weighted by molar-refractivity contribution is 5.93. The maximum Gasteiger partial charge on any atom is 0.434 e. The van der Waals surface area contributed by atoms with Crippen LogP contribution in [0.3, 0.4) is 0 Å². The number of alkyl halides is 12. The van der Waals surface area contributed by atoms with Crippen LogP contribution in [0.15, 0.2) is 12.2 Å². The summed E-state index contributed by atoms with van der Waals surface area (Å²) in [5, 5.41) is 0. The molecule has 0 aliphatic carbocycles. The molecule has 0 fully saturated rings. The van der Waals surface area contributed by atoms with Crippen molar-refractivity contribution in [2.45, 2.75) is 43.3 Å². The van der Waals surface area contributed by atoms with Crippen molar-refractivity contribution in [2.24, 2.45) is 0 Å². The minimum Gasteiger partial charge on any atom is -0.442 e. The summed E-state index contributed by atoms with van der Waals surface area (Å²) in [6.45, 7) is 2.47. The van der Waals surface area contributed by atoms with Gasteiger partial charge in [0.05, 0.1) is 6.42 Å². The number of halogens is 12. The topological polar surface area (TPSA) is 52.6 Å². The van der Waals surface area contributed by atoms with E-state index in [2.05, 4.69) is 16.1 Å². The summed E-state index contributed by atoms with van der Waals surface area (Å²) >= 11 is 0. The molecular formula is C11H6F12O4. The summed E-state index contributed by atoms with van der Waals surface area (Å²) in [6.07, 6.45) is -35.8. The fraction of sp³-hybridized carbons (Fsp3) is 0.636. The molecule has 0 unspecified atom stereocenters. The molecule has 0 saturated heterocycles. The molecule has 0 N–H and O–H groups in total. The summed E-state index contributed by atoms with van der Waals surface area (Å²) < 4.78 is 152. The van der Waals surface area contributed by atoms with E-state index in [1.807, 2.05) is 0 Å². The van der Waals surface area contributed by atoms with Crippen molar-refractivity contribution in [3.8, 4) is 0 Å². The van der Waals surface area contributed by atoms with Gasteiger partial charge in [-0.2, -0.15) is 52.7 Å². The van der Waals surface area contributed by atoms with Crippen molar-refractivity contribution < 1.29 is 71.7 Å². The van der Waals surface area contributed by atoms with Crippen molar-refractivity contribution >= 4 is 11.9 Å². The maximum absolute atomic E-state index is 12.2. The third kappa shape index (κ3) is 7.94. The molecule has 0 aromatic heterocycles. The Morgan fingerprint density at radius 2 is 0.963 bits per heavy atom. The first-order valence-electron chi connectivity index (χ1n) is 6.02. The van der Waals surface area contributed by atoms with Crippen LogP contribution in [0.2, 0.25) is 0 Å². The van der Waals surface area contributed by atoms with E-state index in [0.29, 0.717) is 0 Å². The van der Waals surface area contributed by atoms with Gasteiger partial charge in [0, 0.05) is 5.57 Å². The van der Waals surface area contributed by atoms with Crippen LogP contribution < -0.4 is 0 Å². The Kier molecular flexibility index (Phi) is 7.21. The minimum atomic E-state index is -6.15. The van der Waals surface area contributed by atoms with Gasteiger partial charge in [-0.1, -0.05) is 6.58 Å². The lowest BCUT2D eigenvalue weighted by molar-refractivity contribution is -0.314. The molecule has 158 valence electrons. The van der Waals surface area contributed by atoms with Crippen molar-refractivity contribution in [1.82, 2.24) is 0 Å². The van der Waals surface area contributed by atoms with E-state index >= 15 is 0 Å². The molecule has 0 heterocycles. The molecule has 0 aliphatic heterocycles. The normalized spacial score (nSPS) is 13.7. The smallest absolute Gasteiger partial charge is 0.434 e. The molecule has 0 rings (SSSR count). The highest BCUT2D eigenvalue weighted by Crippen LogP contribution is 2.37. The Balaban J connectivity index is 5.12. The van der Waals surface area contributed by atoms with Gasteiger partial charge >= 0.3 is 36.6 Å². The number of hydrogen-bond donors (Lipinski definition) is 0. The summed E-state index contributed by atoms with van der Waals surface area (Å²) in [5.74, 6) is -4.99. The summed E-state index contributed by atoms with van der Waals surface area (Å²) in [7, 11) is 0. The Hall–Kier alpha value is -2.16. The van der Waals surface area contributed by atoms with Gasteiger partial charge in [-0.3, -0.25) is 4.79 Å². The third-order valence-corrected chi connectivity index (χ3v) is 2.31. The number of carbonyl (C=O) groups is 2. The first-order valence-corrected chi connectivity index (χ1v) is 6.02. The Bertz CT molecular complexity index is 540. The van der Waals surface area contributed by atoms with E-state index in [-0.39, 0.29) is 0 Å². The van der Waals surface area contributed by atoms with Crippen LogP contribution in [-0.4, -0.2) is 48.9 Å². The molecule has 0 bridgehead atoms. The molecule has 4 nitrogen and oxygen atoms in total. The van der Waals surface area contributed by atoms with E-state index in [9.17, 15) is 62.3 Å². The van der Waals surface area contributed by atoms with Gasteiger partial charge in [0.2, 0.25) is 0 Å². The predicted octanol–water partition coefficient (Wildman–Crippen LogP) is 4.01. The fourth-order valence-corrected chi connectivity index (χ4v) is 1.25. The molecular weight excluding hydrogens is 424 g/mol. The molecule has 0 amide bonds. The number of esters is 2. The summed E-state index contributed by atoms with van der Waals surface area (Å²) in [5.41, 5.74) is -1.61. The van der Waals surface area contributed by atoms with E-state index in [1.54, 1.807) is 0 Å². The molecule has 0 aromatic carbocycles. The average molecular weight is 430 g/mol.